The third-order valence-electron chi connectivity index (χ3n) is 3.82. The Labute approximate surface area is 109 Å². The Morgan fingerprint density at radius 1 is 1.35 bits per heavy atom. The lowest BCUT2D eigenvalue weighted by Gasteiger charge is -2.24. The van der Waals surface area contributed by atoms with E-state index >= 15 is 0 Å². The van der Waals surface area contributed by atoms with Gasteiger partial charge in [-0.2, -0.15) is 0 Å². The smallest absolute Gasteiger partial charge is 0.0514 e. The van der Waals surface area contributed by atoms with Crippen molar-refractivity contribution in [3.05, 3.63) is 45.5 Å². The molecule has 0 fully saturated rings. The van der Waals surface area contributed by atoms with Gasteiger partial charge in [0.2, 0.25) is 0 Å². The monoisotopic (exact) mass is 249 g/mol. The fraction of sp³-hybridized carbons (Fsp3) is 0.467. The Balaban J connectivity index is 2.49. The molecule has 0 saturated heterocycles. The van der Waals surface area contributed by atoms with E-state index in [4.69, 9.17) is 17.3 Å². The van der Waals surface area contributed by atoms with E-state index in [2.05, 4.69) is 19.9 Å². The number of benzene rings is 1. The lowest BCUT2D eigenvalue weighted by atomic mass is 9.85. The maximum absolute atomic E-state index is 6.38. The molecular weight excluding hydrogens is 230 g/mol. The first kappa shape index (κ1) is 12.7. The Hall–Kier alpha value is -0.790. The number of fused-ring (bicyclic) bond motifs is 1. The van der Waals surface area contributed by atoms with Crippen LogP contribution in [-0.2, 0) is 6.42 Å². The summed E-state index contributed by atoms with van der Waals surface area (Å²) in [5, 5.41) is 0.783. The minimum Gasteiger partial charge on any atom is -0.321 e. The number of aryl methyl sites for hydroxylation is 1. The molecule has 0 aromatic heterocycles. The van der Waals surface area contributed by atoms with Gasteiger partial charge in [0.05, 0.1) is 6.04 Å². The molecule has 0 saturated carbocycles. The van der Waals surface area contributed by atoms with E-state index in [0.29, 0.717) is 0 Å². The molecule has 1 unspecified atom stereocenters. The van der Waals surface area contributed by atoms with Gasteiger partial charge in [-0.05, 0) is 55.9 Å². The average molecular weight is 250 g/mol. The molecule has 2 heteroatoms. The van der Waals surface area contributed by atoms with E-state index < -0.39 is 0 Å². The van der Waals surface area contributed by atoms with Crippen LogP contribution >= 0.6 is 11.6 Å². The summed E-state index contributed by atoms with van der Waals surface area (Å²) in [4.78, 5) is 0. The van der Waals surface area contributed by atoms with Gasteiger partial charge in [-0.1, -0.05) is 35.7 Å². The van der Waals surface area contributed by atoms with Crippen molar-refractivity contribution in [3.63, 3.8) is 0 Å². The summed E-state index contributed by atoms with van der Waals surface area (Å²) in [5.41, 5.74) is 11.8. The number of allylic oxidation sites excluding steroid dienone is 1. The summed E-state index contributed by atoms with van der Waals surface area (Å²) < 4.78 is 0. The van der Waals surface area contributed by atoms with E-state index in [1.54, 1.807) is 0 Å². The Morgan fingerprint density at radius 3 is 2.82 bits per heavy atom. The predicted molar refractivity (Wildman–Crippen MR) is 74.3 cm³/mol. The van der Waals surface area contributed by atoms with Gasteiger partial charge in [0.1, 0.15) is 0 Å². The highest BCUT2D eigenvalue weighted by Gasteiger charge is 2.18. The summed E-state index contributed by atoms with van der Waals surface area (Å²) in [6.45, 7) is 4.38. The van der Waals surface area contributed by atoms with Crippen molar-refractivity contribution in [3.8, 4) is 0 Å². The normalized spacial score (nSPS) is 25.1. The maximum atomic E-state index is 6.38. The molecule has 1 nitrogen and oxygen atoms in total. The van der Waals surface area contributed by atoms with E-state index in [9.17, 15) is 0 Å². The van der Waals surface area contributed by atoms with Gasteiger partial charge >= 0.3 is 0 Å². The predicted octanol–water partition coefficient (Wildman–Crippen LogP) is 4.40. The van der Waals surface area contributed by atoms with Crippen LogP contribution in [0, 0.1) is 0 Å². The summed E-state index contributed by atoms with van der Waals surface area (Å²) in [6, 6.07) is 6.14. The third-order valence-corrected chi connectivity index (χ3v) is 4.05. The van der Waals surface area contributed by atoms with Gasteiger partial charge in [0, 0.05) is 5.02 Å². The molecule has 1 aromatic carbocycles. The van der Waals surface area contributed by atoms with Crippen LogP contribution in [0.3, 0.4) is 0 Å². The van der Waals surface area contributed by atoms with Gasteiger partial charge in [-0.25, -0.2) is 0 Å². The molecule has 0 radical (unpaired) electrons. The molecule has 92 valence electrons. The standard InChI is InChI=1S/C15H20ClN/c1-3-11-5-4-6-12-7-8-13(16)9-14(12)15(17)10(11)2/h7-9,15H,3-6,17H2,1-2H3/b11-10-. The fourth-order valence-corrected chi connectivity index (χ4v) is 2.86. The molecule has 1 aliphatic rings. The first-order valence-corrected chi connectivity index (χ1v) is 6.73. The second-order valence-corrected chi connectivity index (χ2v) is 5.25. The SMILES string of the molecule is CC/C1=C(\C)C(N)c2cc(Cl)ccc2CCC1. The molecule has 1 atom stereocenters. The number of halogens is 1. The summed E-state index contributed by atoms with van der Waals surface area (Å²) in [5.74, 6) is 0. The van der Waals surface area contributed by atoms with Gasteiger partial charge in [-0.15, -0.1) is 0 Å². The van der Waals surface area contributed by atoms with Gasteiger partial charge in [0.15, 0.2) is 0 Å². The molecule has 0 aliphatic heterocycles. The Bertz CT molecular complexity index is 448. The van der Waals surface area contributed by atoms with Crippen LogP contribution in [0.25, 0.3) is 0 Å². The van der Waals surface area contributed by atoms with E-state index in [1.165, 1.54) is 35.1 Å². The number of rotatable bonds is 1. The van der Waals surface area contributed by atoms with E-state index in [0.717, 1.165) is 17.9 Å². The van der Waals surface area contributed by atoms with Gasteiger partial charge in [-0.3, -0.25) is 0 Å². The highest BCUT2D eigenvalue weighted by Crippen LogP contribution is 2.32. The quantitative estimate of drug-likeness (QED) is 0.734. The van der Waals surface area contributed by atoms with Crippen LogP contribution in [0.2, 0.25) is 5.02 Å². The van der Waals surface area contributed by atoms with Gasteiger partial charge in [0.25, 0.3) is 0 Å². The second kappa shape index (κ2) is 5.24. The maximum Gasteiger partial charge on any atom is 0.0514 e. The summed E-state index contributed by atoms with van der Waals surface area (Å²) in [6.07, 6.45) is 4.60. The van der Waals surface area contributed by atoms with Crippen molar-refractivity contribution in [2.45, 2.75) is 45.6 Å². The topological polar surface area (TPSA) is 26.0 Å². The fourth-order valence-electron chi connectivity index (χ4n) is 2.68. The highest BCUT2D eigenvalue weighted by atomic mass is 35.5. The number of hydrogen-bond donors (Lipinski definition) is 1. The van der Waals surface area contributed by atoms with Crippen molar-refractivity contribution in [1.29, 1.82) is 0 Å². The summed E-state index contributed by atoms with van der Waals surface area (Å²) in [7, 11) is 0. The third kappa shape index (κ3) is 2.56. The zero-order chi connectivity index (χ0) is 12.4. The van der Waals surface area contributed by atoms with Crippen molar-refractivity contribution < 1.29 is 0 Å². The minimum absolute atomic E-state index is 0.0129. The summed E-state index contributed by atoms with van der Waals surface area (Å²) >= 11 is 6.08. The van der Waals surface area contributed by atoms with Crippen molar-refractivity contribution in [1.82, 2.24) is 0 Å². The van der Waals surface area contributed by atoms with Crippen LogP contribution in [0.5, 0.6) is 0 Å². The molecule has 0 bridgehead atoms. The molecule has 2 N–H and O–H groups in total. The Kier molecular flexibility index (Phi) is 3.90. The zero-order valence-electron chi connectivity index (χ0n) is 10.6. The number of nitrogens with two attached hydrogens (primary N) is 1. The molecule has 1 aliphatic carbocycles. The van der Waals surface area contributed by atoms with E-state index in [-0.39, 0.29) is 6.04 Å². The van der Waals surface area contributed by atoms with Gasteiger partial charge < -0.3 is 5.73 Å². The van der Waals surface area contributed by atoms with Crippen molar-refractivity contribution in [2.24, 2.45) is 5.73 Å². The molecule has 1 aromatic rings. The lowest BCUT2D eigenvalue weighted by molar-refractivity contribution is 0.704. The molecule has 0 heterocycles. The van der Waals surface area contributed by atoms with E-state index in [1.807, 2.05) is 12.1 Å². The molecule has 0 amide bonds. The number of hydrogen-bond acceptors (Lipinski definition) is 1. The van der Waals surface area contributed by atoms with Crippen LogP contribution in [0.1, 0.15) is 50.3 Å². The van der Waals surface area contributed by atoms with Crippen molar-refractivity contribution in [2.75, 3.05) is 0 Å². The molecule has 2 rings (SSSR count). The Morgan fingerprint density at radius 2 is 2.12 bits per heavy atom. The van der Waals surface area contributed by atoms with Crippen molar-refractivity contribution >= 4 is 11.6 Å². The largest absolute Gasteiger partial charge is 0.321 e. The lowest BCUT2D eigenvalue weighted by Crippen LogP contribution is -2.17. The first-order valence-electron chi connectivity index (χ1n) is 6.36. The van der Waals surface area contributed by atoms with Crippen LogP contribution < -0.4 is 5.73 Å². The minimum atomic E-state index is 0.0129. The molecule has 0 spiro atoms. The van der Waals surface area contributed by atoms with Crippen LogP contribution in [-0.4, -0.2) is 0 Å². The average Bonchev–Trinajstić information content (AvgIpc) is 2.33. The second-order valence-electron chi connectivity index (χ2n) is 4.81. The zero-order valence-corrected chi connectivity index (χ0v) is 11.3. The molecular formula is C15H20ClN. The molecule has 17 heavy (non-hydrogen) atoms. The highest BCUT2D eigenvalue weighted by molar-refractivity contribution is 6.30. The van der Waals surface area contributed by atoms with Crippen LogP contribution in [0.4, 0.5) is 0 Å². The van der Waals surface area contributed by atoms with Crippen LogP contribution in [0.15, 0.2) is 29.3 Å². The first-order chi connectivity index (χ1) is 8.13.